The average Bonchev–Trinajstić information content (AvgIpc) is 2.28. The summed E-state index contributed by atoms with van der Waals surface area (Å²) in [4.78, 5) is 25.8. The van der Waals surface area contributed by atoms with Gasteiger partial charge in [-0.3, -0.25) is 15.0 Å². The summed E-state index contributed by atoms with van der Waals surface area (Å²) in [7, 11) is 0. The SMILES string of the molecule is CCC(=O)Oc1cc(C(=O)NN)ccn1. The predicted octanol–water partition coefficient (Wildman–Crippen LogP) is 0.000500. The summed E-state index contributed by atoms with van der Waals surface area (Å²) in [6, 6.07) is 2.81. The van der Waals surface area contributed by atoms with Gasteiger partial charge in [0.1, 0.15) is 0 Å². The summed E-state index contributed by atoms with van der Waals surface area (Å²) in [6.45, 7) is 1.67. The molecule has 0 fully saturated rings. The smallest absolute Gasteiger partial charge is 0.312 e. The van der Waals surface area contributed by atoms with Crippen molar-refractivity contribution in [2.24, 2.45) is 5.84 Å². The molecular weight excluding hydrogens is 198 g/mol. The fourth-order valence-corrected chi connectivity index (χ4v) is 0.879. The zero-order chi connectivity index (χ0) is 11.3. The van der Waals surface area contributed by atoms with Crippen LogP contribution in [0.1, 0.15) is 23.7 Å². The molecule has 3 N–H and O–H groups in total. The second-order valence-electron chi connectivity index (χ2n) is 2.68. The molecule has 0 saturated heterocycles. The van der Waals surface area contributed by atoms with Crippen LogP contribution in [0.4, 0.5) is 0 Å². The normalized spacial score (nSPS) is 9.47. The van der Waals surface area contributed by atoms with Crippen LogP contribution in [0.3, 0.4) is 0 Å². The molecule has 0 aliphatic heterocycles. The van der Waals surface area contributed by atoms with E-state index in [2.05, 4.69) is 4.98 Å². The van der Waals surface area contributed by atoms with E-state index >= 15 is 0 Å². The first-order chi connectivity index (χ1) is 7.17. The van der Waals surface area contributed by atoms with Crippen LogP contribution < -0.4 is 16.0 Å². The van der Waals surface area contributed by atoms with Crippen LogP contribution in [-0.2, 0) is 4.79 Å². The molecule has 80 valence electrons. The van der Waals surface area contributed by atoms with E-state index in [0.717, 1.165) is 0 Å². The predicted molar refractivity (Wildman–Crippen MR) is 51.8 cm³/mol. The fraction of sp³-hybridized carbons (Fsp3) is 0.222. The first-order valence-corrected chi connectivity index (χ1v) is 4.35. The number of nitrogen functional groups attached to an aromatic ring is 1. The summed E-state index contributed by atoms with van der Waals surface area (Å²) in [5.41, 5.74) is 2.25. The molecule has 1 aromatic rings. The van der Waals surface area contributed by atoms with Gasteiger partial charge in [0.15, 0.2) is 0 Å². The Labute approximate surface area is 86.4 Å². The number of rotatable bonds is 3. The third kappa shape index (κ3) is 3.03. The minimum Gasteiger partial charge on any atom is -0.407 e. The highest BCUT2D eigenvalue weighted by molar-refractivity contribution is 5.94. The summed E-state index contributed by atoms with van der Waals surface area (Å²) in [5.74, 6) is 4.16. The highest BCUT2D eigenvalue weighted by atomic mass is 16.5. The molecule has 1 rings (SSSR count). The van der Waals surface area contributed by atoms with Gasteiger partial charge in [0, 0.05) is 24.2 Å². The summed E-state index contributed by atoms with van der Waals surface area (Å²) in [5, 5.41) is 0. The Morgan fingerprint density at radius 2 is 2.33 bits per heavy atom. The highest BCUT2D eigenvalue weighted by Crippen LogP contribution is 2.09. The van der Waals surface area contributed by atoms with Gasteiger partial charge in [-0.25, -0.2) is 10.8 Å². The van der Waals surface area contributed by atoms with Crippen molar-refractivity contribution in [3.8, 4) is 5.88 Å². The largest absolute Gasteiger partial charge is 0.407 e. The zero-order valence-corrected chi connectivity index (χ0v) is 8.19. The third-order valence-corrected chi connectivity index (χ3v) is 1.64. The topological polar surface area (TPSA) is 94.3 Å². The van der Waals surface area contributed by atoms with E-state index in [1.807, 2.05) is 5.43 Å². The molecule has 0 aliphatic rings. The molecule has 15 heavy (non-hydrogen) atoms. The molecule has 0 bridgehead atoms. The minimum atomic E-state index is -0.466. The fourth-order valence-electron chi connectivity index (χ4n) is 0.879. The van der Waals surface area contributed by atoms with Gasteiger partial charge < -0.3 is 4.74 Å². The number of aromatic nitrogens is 1. The van der Waals surface area contributed by atoms with Gasteiger partial charge in [-0.05, 0) is 6.07 Å². The van der Waals surface area contributed by atoms with Gasteiger partial charge in [-0.2, -0.15) is 0 Å². The molecule has 0 aromatic carbocycles. The van der Waals surface area contributed by atoms with E-state index in [1.165, 1.54) is 18.3 Å². The molecule has 1 aromatic heterocycles. The van der Waals surface area contributed by atoms with Crippen molar-refractivity contribution in [1.82, 2.24) is 10.4 Å². The molecular formula is C9H11N3O3. The van der Waals surface area contributed by atoms with Crippen molar-refractivity contribution < 1.29 is 14.3 Å². The Balaban J connectivity index is 2.83. The maximum atomic E-state index is 11.1. The lowest BCUT2D eigenvalue weighted by atomic mass is 10.2. The number of hydrazine groups is 1. The number of amides is 1. The van der Waals surface area contributed by atoms with Crippen LogP contribution in [0.2, 0.25) is 0 Å². The molecule has 0 atom stereocenters. The van der Waals surface area contributed by atoms with Crippen molar-refractivity contribution >= 4 is 11.9 Å². The minimum absolute atomic E-state index is 0.0861. The Kier molecular flexibility index (Phi) is 3.75. The molecule has 0 unspecified atom stereocenters. The van der Waals surface area contributed by atoms with Crippen molar-refractivity contribution in [3.63, 3.8) is 0 Å². The highest BCUT2D eigenvalue weighted by Gasteiger charge is 2.07. The molecule has 6 nitrogen and oxygen atoms in total. The number of nitrogens with two attached hydrogens (primary N) is 1. The van der Waals surface area contributed by atoms with Crippen molar-refractivity contribution in [1.29, 1.82) is 0 Å². The number of ether oxygens (including phenoxy) is 1. The first kappa shape index (κ1) is 11.1. The standard InChI is InChI=1S/C9H11N3O3/c1-2-8(13)15-7-5-6(3-4-11-7)9(14)12-10/h3-5H,2,10H2,1H3,(H,12,14). The Morgan fingerprint density at radius 3 is 2.93 bits per heavy atom. The van der Waals surface area contributed by atoms with Crippen molar-refractivity contribution in [2.45, 2.75) is 13.3 Å². The van der Waals surface area contributed by atoms with Gasteiger partial charge in [-0.1, -0.05) is 6.92 Å². The van der Waals surface area contributed by atoms with Crippen molar-refractivity contribution in [2.75, 3.05) is 0 Å². The zero-order valence-electron chi connectivity index (χ0n) is 8.19. The number of esters is 1. The lowest BCUT2D eigenvalue weighted by Crippen LogP contribution is -2.30. The Morgan fingerprint density at radius 1 is 1.60 bits per heavy atom. The number of hydrogen-bond donors (Lipinski definition) is 2. The molecule has 1 heterocycles. The molecule has 0 radical (unpaired) electrons. The molecule has 0 aliphatic carbocycles. The van der Waals surface area contributed by atoms with Crippen molar-refractivity contribution in [3.05, 3.63) is 23.9 Å². The average molecular weight is 209 g/mol. The Bertz CT molecular complexity index is 379. The number of hydrogen-bond acceptors (Lipinski definition) is 5. The maximum Gasteiger partial charge on any atom is 0.312 e. The monoisotopic (exact) mass is 209 g/mol. The number of pyridine rings is 1. The van der Waals surface area contributed by atoms with Crippen LogP contribution in [0, 0.1) is 0 Å². The van der Waals surface area contributed by atoms with E-state index in [9.17, 15) is 9.59 Å². The van der Waals surface area contributed by atoms with Gasteiger partial charge in [0.25, 0.3) is 5.91 Å². The van der Waals surface area contributed by atoms with Crippen LogP contribution in [0.25, 0.3) is 0 Å². The summed E-state index contributed by atoms with van der Waals surface area (Å²) < 4.78 is 4.83. The second kappa shape index (κ2) is 5.06. The molecule has 1 amide bonds. The van der Waals surface area contributed by atoms with Gasteiger partial charge in [0.05, 0.1) is 0 Å². The molecule has 0 saturated carbocycles. The molecule has 0 spiro atoms. The van der Waals surface area contributed by atoms with Gasteiger partial charge in [-0.15, -0.1) is 0 Å². The van der Waals surface area contributed by atoms with Crippen LogP contribution in [0.5, 0.6) is 5.88 Å². The Hall–Kier alpha value is -1.95. The van der Waals surface area contributed by atoms with Crippen LogP contribution >= 0.6 is 0 Å². The first-order valence-electron chi connectivity index (χ1n) is 4.35. The van der Waals surface area contributed by atoms with E-state index in [4.69, 9.17) is 10.6 Å². The second-order valence-corrected chi connectivity index (χ2v) is 2.68. The number of carbonyl (C=O) groups is 2. The number of nitrogens with one attached hydrogen (secondary N) is 1. The van der Waals surface area contributed by atoms with Gasteiger partial charge in [0.2, 0.25) is 5.88 Å². The summed E-state index contributed by atoms with van der Waals surface area (Å²) >= 11 is 0. The lowest BCUT2D eigenvalue weighted by molar-refractivity contribution is -0.134. The van der Waals surface area contributed by atoms with E-state index in [1.54, 1.807) is 6.92 Å². The molecule has 6 heteroatoms. The van der Waals surface area contributed by atoms with E-state index in [0.29, 0.717) is 0 Å². The summed E-state index contributed by atoms with van der Waals surface area (Å²) in [6.07, 6.45) is 1.61. The van der Waals surface area contributed by atoms with E-state index < -0.39 is 11.9 Å². The quantitative estimate of drug-likeness (QED) is 0.316. The maximum absolute atomic E-state index is 11.1. The lowest BCUT2D eigenvalue weighted by Gasteiger charge is -2.03. The number of nitrogens with zero attached hydrogens (tertiary/aromatic N) is 1. The van der Waals surface area contributed by atoms with Crippen LogP contribution in [-0.4, -0.2) is 16.9 Å². The van der Waals surface area contributed by atoms with Crippen LogP contribution in [0.15, 0.2) is 18.3 Å². The number of carbonyl (C=O) groups excluding carboxylic acids is 2. The van der Waals surface area contributed by atoms with E-state index in [-0.39, 0.29) is 17.9 Å². The van der Waals surface area contributed by atoms with Gasteiger partial charge >= 0.3 is 5.97 Å². The third-order valence-electron chi connectivity index (χ3n) is 1.64.